The van der Waals surface area contributed by atoms with E-state index in [2.05, 4.69) is 83.6 Å². The van der Waals surface area contributed by atoms with Crippen LogP contribution in [0.4, 0.5) is 0 Å². The van der Waals surface area contributed by atoms with Crippen LogP contribution in [0, 0.1) is 24.3 Å². The van der Waals surface area contributed by atoms with Crippen molar-refractivity contribution in [3.05, 3.63) is 66.2 Å². The van der Waals surface area contributed by atoms with Crippen LogP contribution in [-0.4, -0.2) is 0 Å². The molecule has 0 heterocycles. The predicted molar refractivity (Wildman–Crippen MR) is 95.2 cm³/mol. The van der Waals surface area contributed by atoms with Gasteiger partial charge in [0.15, 0.2) is 0 Å². The van der Waals surface area contributed by atoms with Gasteiger partial charge in [-0.2, -0.15) is 0 Å². The standard InChI is InChI=1S/C16H15BrClI/c1-9-6-10(2)15(11(3)7-9)16(18)13-8-12(17)4-5-14(13)19/h4-8,16H,1-3H3. The van der Waals surface area contributed by atoms with E-state index in [4.69, 9.17) is 11.6 Å². The quantitative estimate of drug-likeness (QED) is 0.372. The number of hydrogen-bond acceptors (Lipinski definition) is 0. The molecule has 0 saturated carbocycles. The van der Waals surface area contributed by atoms with E-state index in [0.29, 0.717) is 0 Å². The van der Waals surface area contributed by atoms with Crippen molar-refractivity contribution in [2.24, 2.45) is 0 Å². The van der Waals surface area contributed by atoms with Crippen LogP contribution in [0.3, 0.4) is 0 Å². The number of halogens is 3. The molecule has 0 nitrogen and oxygen atoms in total. The molecule has 0 bridgehead atoms. The number of benzene rings is 2. The summed E-state index contributed by atoms with van der Waals surface area (Å²) in [5.74, 6) is 0. The Kier molecular flexibility index (Phi) is 4.96. The Hall–Kier alpha value is -0.0600. The molecule has 0 aliphatic heterocycles. The molecule has 0 aliphatic carbocycles. The second kappa shape index (κ2) is 6.15. The zero-order chi connectivity index (χ0) is 14.2. The summed E-state index contributed by atoms with van der Waals surface area (Å²) in [5.41, 5.74) is 6.18. The van der Waals surface area contributed by atoms with Crippen LogP contribution in [0.5, 0.6) is 0 Å². The normalized spacial score (nSPS) is 12.5. The number of hydrogen-bond donors (Lipinski definition) is 0. The Morgan fingerprint density at radius 3 is 2.21 bits per heavy atom. The van der Waals surface area contributed by atoms with Crippen molar-refractivity contribution in [1.29, 1.82) is 0 Å². The molecular formula is C16H15BrClI. The highest BCUT2D eigenvalue weighted by Crippen LogP contribution is 2.37. The summed E-state index contributed by atoms with van der Waals surface area (Å²) < 4.78 is 2.26. The lowest BCUT2D eigenvalue weighted by Crippen LogP contribution is -2.02. The van der Waals surface area contributed by atoms with Crippen LogP contribution in [-0.2, 0) is 0 Å². The van der Waals surface area contributed by atoms with E-state index in [1.165, 1.54) is 25.8 Å². The predicted octanol–water partition coefficient (Wildman–Crippen LogP) is 6.31. The molecule has 1 unspecified atom stereocenters. The summed E-state index contributed by atoms with van der Waals surface area (Å²) in [6, 6.07) is 10.6. The fourth-order valence-corrected chi connectivity index (χ4v) is 4.19. The molecule has 0 spiro atoms. The highest BCUT2D eigenvalue weighted by atomic mass is 127. The fourth-order valence-electron chi connectivity index (χ4n) is 2.46. The van der Waals surface area contributed by atoms with Crippen molar-refractivity contribution in [1.82, 2.24) is 0 Å². The van der Waals surface area contributed by atoms with Crippen molar-refractivity contribution < 1.29 is 0 Å². The van der Waals surface area contributed by atoms with Crippen LogP contribution >= 0.6 is 50.1 Å². The Labute approximate surface area is 141 Å². The lowest BCUT2D eigenvalue weighted by molar-refractivity contribution is 1.06. The van der Waals surface area contributed by atoms with Gasteiger partial charge in [-0.15, -0.1) is 11.6 Å². The molecule has 0 fully saturated rings. The molecule has 2 aromatic carbocycles. The van der Waals surface area contributed by atoms with Crippen molar-refractivity contribution in [3.8, 4) is 0 Å². The van der Waals surface area contributed by atoms with Crippen LogP contribution in [0.2, 0.25) is 0 Å². The summed E-state index contributed by atoms with van der Waals surface area (Å²) in [4.78, 5) is 0. The first kappa shape index (κ1) is 15.3. The maximum Gasteiger partial charge on any atom is 0.0851 e. The van der Waals surface area contributed by atoms with E-state index < -0.39 is 0 Å². The first-order valence-electron chi connectivity index (χ1n) is 6.07. The third-order valence-corrected chi connectivity index (χ3v) is 5.15. The number of rotatable bonds is 2. The Morgan fingerprint density at radius 1 is 1.05 bits per heavy atom. The SMILES string of the molecule is Cc1cc(C)c(C(Cl)c2cc(Br)ccc2I)c(C)c1. The highest BCUT2D eigenvalue weighted by molar-refractivity contribution is 14.1. The van der Waals surface area contributed by atoms with Crippen molar-refractivity contribution in [2.45, 2.75) is 26.1 Å². The average Bonchev–Trinajstić information content (AvgIpc) is 2.30. The largest absolute Gasteiger partial charge is 0.113 e. The molecule has 0 N–H and O–H groups in total. The summed E-state index contributed by atoms with van der Waals surface area (Å²) in [6.07, 6.45) is 0. The van der Waals surface area contributed by atoms with Gasteiger partial charge in [0.05, 0.1) is 5.38 Å². The molecule has 0 amide bonds. The van der Waals surface area contributed by atoms with Gasteiger partial charge in [-0.05, 0) is 83.8 Å². The Bertz CT molecular complexity index is 599. The molecular weight excluding hydrogens is 434 g/mol. The van der Waals surface area contributed by atoms with E-state index in [1.807, 2.05) is 6.07 Å². The minimum Gasteiger partial charge on any atom is -0.113 e. The van der Waals surface area contributed by atoms with Gasteiger partial charge in [-0.1, -0.05) is 33.6 Å². The number of alkyl halides is 1. The first-order valence-corrected chi connectivity index (χ1v) is 8.37. The van der Waals surface area contributed by atoms with Gasteiger partial charge in [0.25, 0.3) is 0 Å². The zero-order valence-corrected chi connectivity index (χ0v) is 15.6. The lowest BCUT2D eigenvalue weighted by atomic mass is 9.94. The van der Waals surface area contributed by atoms with Gasteiger partial charge < -0.3 is 0 Å². The third kappa shape index (κ3) is 3.34. The molecule has 19 heavy (non-hydrogen) atoms. The molecule has 0 aromatic heterocycles. The molecule has 2 aromatic rings. The maximum atomic E-state index is 6.75. The molecule has 0 radical (unpaired) electrons. The van der Waals surface area contributed by atoms with E-state index in [1.54, 1.807) is 0 Å². The first-order chi connectivity index (χ1) is 8.90. The van der Waals surface area contributed by atoms with Crippen LogP contribution in [0.1, 0.15) is 33.2 Å². The summed E-state index contributed by atoms with van der Waals surface area (Å²) >= 11 is 12.6. The van der Waals surface area contributed by atoms with Gasteiger partial charge in [0, 0.05) is 8.04 Å². The fraction of sp³-hybridized carbons (Fsp3) is 0.250. The second-order valence-corrected chi connectivity index (χ2v) is 7.36. The van der Waals surface area contributed by atoms with Crippen LogP contribution < -0.4 is 0 Å². The monoisotopic (exact) mass is 448 g/mol. The zero-order valence-electron chi connectivity index (χ0n) is 11.1. The highest BCUT2D eigenvalue weighted by Gasteiger charge is 2.18. The van der Waals surface area contributed by atoms with E-state index >= 15 is 0 Å². The van der Waals surface area contributed by atoms with E-state index in [9.17, 15) is 0 Å². The molecule has 0 aliphatic rings. The molecule has 1 atom stereocenters. The molecule has 100 valence electrons. The van der Waals surface area contributed by atoms with E-state index in [-0.39, 0.29) is 5.38 Å². The summed E-state index contributed by atoms with van der Waals surface area (Å²) in [5, 5.41) is -0.106. The van der Waals surface area contributed by atoms with E-state index in [0.717, 1.165) is 10.0 Å². The van der Waals surface area contributed by atoms with Gasteiger partial charge >= 0.3 is 0 Å². The lowest BCUT2D eigenvalue weighted by Gasteiger charge is -2.18. The average molecular weight is 450 g/mol. The smallest absolute Gasteiger partial charge is 0.0851 e. The van der Waals surface area contributed by atoms with Crippen molar-refractivity contribution in [3.63, 3.8) is 0 Å². The molecule has 3 heteroatoms. The molecule has 0 saturated heterocycles. The van der Waals surface area contributed by atoms with Gasteiger partial charge in [0.1, 0.15) is 0 Å². The molecule has 2 rings (SSSR count). The minimum absolute atomic E-state index is 0.106. The maximum absolute atomic E-state index is 6.75. The van der Waals surface area contributed by atoms with Crippen LogP contribution in [0.25, 0.3) is 0 Å². The van der Waals surface area contributed by atoms with Crippen molar-refractivity contribution >= 4 is 50.1 Å². The summed E-state index contributed by atoms with van der Waals surface area (Å²) in [6.45, 7) is 6.39. The van der Waals surface area contributed by atoms with Gasteiger partial charge in [-0.25, -0.2) is 0 Å². The summed E-state index contributed by atoms with van der Waals surface area (Å²) in [7, 11) is 0. The van der Waals surface area contributed by atoms with Crippen LogP contribution in [0.15, 0.2) is 34.8 Å². The topological polar surface area (TPSA) is 0 Å². The van der Waals surface area contributed by atoms with Crippen molar-refractivity contribution in [2.75, 3.05) is 0 Å². The Balaban J connectivity index is 2.56. The third-order valence-electron chi connectivity index (χ3n) is 3.22. The Morgan fingerprint density at radius 2 is 1.63 bits per heavy atom. The minimum atomic E-state index is -0.106. The number of aryl methyl sites for hydroxylation is 3. The van der Waals surface area contributed by atoms with Gasteiger partial charge in [0.2, 0.25) is 0 Å². The second-order valence-electron chi connectivity index (χ2n) is 4.84. The van der Waals surface area contributed by atoms with Gasteiger partial charge in [-0.3, -0.25) is 0 Å².